The molecule has 0 fully saturated rings. The van der Waals surface area contributed by atoms with Crippen molar-refractivity contribution < 1.29 is 21.1 Å². The van der Waals surface area contributed by atoms with Crippen LogP contribution in [0.5, 0.6) is 0 Å². The fourth-order valence-electron chi connectivity index (χ4n) is 0. The van der Waals surface area contributed by atoms with Crippen LogP contribution in [0.2, 0.25) is 0 Å². The molecule has 0 saturated carbocycles. The van der Waals surface area contributed by atoms with Gasteiger partial charge in [0.05, 0.1) is 0 Å². The van der Waals surface area contributed by atoms with E-state index < -0.39 is 0 Å². The SMILES string of the molecule is N.[Mo+6].[N-3].[N-3]. The van der Waals surface area contributed by atoms with Gasteiger partial charge in [-0.25, -0.2) is 0 Å². The Morgan fingerprint density at radius 3 is 0.750 bits per heavy atom. The van der Waals surface area contributed by atoms with Gasteiger partial charge >= 0.3 is 21.1 Å². The van der Waals surface area contributed by atoms with Gasteiger partial charge in [0.25, 0.3) is 0 Å². The second-order valence-electron chi connectivity index (χ2n) is 0. The second kappa shape index (κ2) is 72.9. The number of hydrogen-bond donors (Lipinski definition) is 1. The first-order valence-corrected chi connectivity index (χ1v) is 0. The monoisotopic (exact) mass is 143 g/mol. The van der Waals surface area contributed by atoms with Crippen LogP contribution in [-0.4, -0.2) is 0 Å². The molecule has 0 saturated heterocycles. The van der Waals surface area contributed by atoms with Crippen molar-refractivity contribution in [2.45, 2.75) is 0 Å². The van der Waals surface area contributed by atoms with E-state index in [1.54, 1.807) is 0 Å². The van der Waals surface area contributed by atoms with Crippen molar-refractivity contribution in [3.8, 4) is 0 Å². The molecule has 0 atom stereocenters. The van der Waals surface area contributed by atoms with E-state index in [-0.39, 0.29) is 39.5 Å². The van der Waals surface area contributed by atoms with E-state index in [0.717, 1.165) is 0 Å². The molecule has 0 spiro atoms. The van der Waals surface area contributed by atoms with E-state index in [1.165, 1.54) is 0 Å². The summed E-state index contributed by atoms with van der Waals surface area (Å²) in [5.74, 6) is 0. The van der Waals surface area contributed by atoms with Crippen LogP contribution in [0.15, 0.2) is 0 Å². The van der Waals surface area contributed by atoms with Gasteiger partial charge in [-0.05, 0) is 0 Å². The maximum absolute atomic E-state index is 0. The zero-order valence-corrected chi connectivity index (χ0v) is 4.02. The first-order valence-electron chi connectivity index (χ1n) is 0. The summed E-state index contributed by atoms with van der Waals surface area (Å²) in [7, 11) is 0. The van der Waals surface area contributed by atoms with Crippen molar-refractivity contribution in [3.05, 3.63) is 12.3 Å². The predicted octanol–water partition coefficient (Wildman–Crippen LogP) is 0.737. The zero-order valence-electron chi connectivity index (χ0n) is 2.01. The molecule has 3 N–H and O–H groups in total. The number of hydrogen-bond acceptors (Lipinski definition) is 1. The molecule has 0 unspecified atom stereocenters. The van der Waals surface area contributed by atoms with Crippen LogP contribution in [0.4, 0.5) is 0 Å². The molecule has 0 aliphatic heterocycles. The van der Waals surface area contributed by atoms with Crippen LogP contribution >= 0.6 is 0 Å². The largest absolute Gasteiger partial charge is 6.00 e. The zero-order chi connectivity index (χ0) is 0. The van der Waals surface area contributed by atoms with Crippen LogP contribution in [0.1, 0.15) is 0 Å². The second-order valence-corrected chi connectivity index (χ2v) is 0. The third-order valence-electron chi connectivity index (χ3n) is 0. The summed E-state index contributed by atoms with van der Waals surface area (Å²) in [6.07, 6.45) is 0. The smallest absolute Gasteiger partial charge is 3.00 e. The standard InChI is InChI=1S/Mo.H3N.2N/h;1H3;;/q+6;;2*-3. The van der Waals surface area contributed by atoms with Crippen LogP contribution < -0.4 is 6.15 Å². The summed E-state index contributed by atoms with van der Waals surface area (Å²) in [4.78, 5) is 0. The van der Waals surface area contributed by atoms with Gasteiger partial charge in [-0.1, -0.05) is 0 Å². The first-order chi connectivity index (χ1) is 0. The molecule has 4 heavy (non-hydrogen) atoms. The van der Waals surface area contributed by atoms with Gasteiger partial charge in [0.1, 0.15) is 0 Å². The van der Waals surface area contributed by atoms with Crippen molar-refractivity contribution in [3.63, 3.8) is 0 Å². The Balaban J connectivity index is 0. The normalized spacial score (nSPS) is 0. The van der Waals surface area contributed by atoms with Gasteiger partial charge < -0.3 is 18.5 Å². The van der Waals surface area contributed by atoms with E-state index in [9.17, 15) is 0 Å². The van der Waals surface area contributed by atoms with Crippen LogP contribution in [-0.2, 0) is 21.1 Å². The topological polar surface area (TPSA) is 96.0 Å². The van der Waals surface area contributed by atoms with Gasteiger partial charge in [-0.15, -0.1) is 0 Å². The fraction of sp³-hybridized carbons (Fsp3) is 0. The Bertz CT molecular complexity index is 3.25. The van der Waals surface area contributed by atoms with E-state index in [2.05, 4.69) is 0 Å². The molecular weight excluding hydrogens is 138 g/mol. The maximum Gasteiger partial charge on any atom is 6.00 e. The van der Waals surface area contributed by atoms with Crippen LogP contribution in [0.25, 0.3) is 12.3 Å². The van der Waals surface area contributed by atoms with Gasteiger partial charge in [-0.3, -0.25) is 0 Å². The quantitative estimate of drug-likeness (QED) is 0.494. The third-order valence-corrected chi connectivity index (χ3v) is 0. The summed E-state index contributed by atoms with van der Waals surface area (Å²) in [6, 6.07) is 0. The van der Waals surface area contributed by atoms with Crippen molar-refractivity contribution >= 4 is 0 Å². The minimum Gasteiger partial charge on any atom is -3.00 e. The van der Waals surface area contributed by atoms with Gasteiger partial charge in [0, 0.05) is 0 Å². The number of nitrogens with zero attached hydrogens (tertiary/aromatic N) is 2. The molecule has 0 aromatic carbocycles. The minimum absolute atomic E-state index is 0. The summed E-state index contributed by atoms with van der Waals surface area (Å²) < 4.78 is 0. The molecule has 0 radical (unpaired) electrons. The van der Waals surface area contributed by atoms with Gasteiger partial charge in [-0.2, -0.15) is 0 Å². The molecule has 24 valence electrons. The van der Waals surface area contributed by atoms with Crippen LogP contribution in [0.3, 0.4) is 0 Å². The Labute approximate surface area is 40.2 Å². The Kier molecular flexibility index (Phi) is 3280. The van der Waals surface area contributed by atoms with E-state index >= 15 is 0 Å². The van der Waals surface area contributed by atoms with E-state index in [4.69, 9.17) is 0 Å². The summed E-state index contributed by atoms with van der Waals surface area (Å²) in [6.45, 7) is 0. The maximum atomic E-state index is 0. The molecule has 0 rings (SSSR count). The fourth-order valence-corrected chi connectivity index (χ4v) is 0. The minimum atomic E-state index is 0. The van der Waals surface area contributed by atoms with Gasteiger partial charge in [0.15, 0.2) is 0 Å². The van der Waals surface area contributed by atoms with E-state index in [1.807, 2.05) is 0 Å². The number of rotatable bonds is 0. The molecule has 3 nitrogen and oxygen atoms in total. The van der Waals surface area contributed by atoms with Crippen molar-refractivity contribution in [1.29, 1.82) is 0 Å². The molecule has 0 heterocycles. The summed E-state index contributed by atoms with van der Waals surface area (Å²) in [5, 5.41) is 0. The molecule has 0 aromatic rings. The van der Waals surface area contributed by atoms with Crippen molar-refractivity contribution in [2.24, 2.45) is 0 Å². The Morgan fingerprint density at radius 2 is 0.750 bits per heavy atom. The molecule has 0 aromatic heterocycles. The van der Waals surface area contributed by atoms with Gasteiger partial charge in [0.2, 0.25) is 0 Å². The average molecular weight is 141 g/mol. The van der Waals surface area contributed by atoms with Crippen LogP contribution in [0, 0.1) is 0 Å². The molecule has 0 amide bonds. The summed E-state index contributed by atoms with van der Waals surface area (Å²) in [5.41, 5.74) is 0. The molecule has 0 aliphatic rings. The van der Waals surface area contributed by atoms with Crippen molar-refractivity contribution in [2.75, 3.05) is 0 Å². The predicted molar refractivity (Wildman–Crippen MR) is 11.7 cm³/mol. The summed E-state index contributed by atoms with van der Waals surface area (Å²) >= 11 is 0. The first kappa shape index (κ1) is 180. The Hall–Kier alpha value is 0.568. The average Bonchev–Trinajstić information content (AvgIpc) is 0. The van der Waals surface area contributed by atoms with E-state index in [0.29, 0.717) is 0 Å². The third kappa shape index (κ3) is 19.6. The molecule has 0 aliphatic carbocycles. The Morgan fingerprint density at radius 1 is 0.750 bits per heavy atom. The molecule has 0 bridgehead atoms. The molecule has 4 heteroatoms. The van der Waals surface area contributed by atoms with Crippen molar-refractivity contribution in [1.82, 2.24) is 6.15 Å². The molecular formula is H3MoN3.